The normalized spacial score (nSPS) is 20.6. The van der Waals surface area contributed by atoms with Crippen LogP contribution in [0.4, 0.5) is 0 Å². The third kappa shape index (κ3) is 2.66. The first kappa shape index (κ1) is 15.2. The molecule has 1 aliphatic heterocycles. The number of likely N-dealkylation sites (N-methyl/N-ethyl adjacent to an activating group) is 2. The lowest BCUT2D eigenvalue weighted by molar-refractivity contribution is 0.102. The Morgan fingerprint density at radius 1 is 1.23 bits per heavy atom. The molecule has 0 bridgehead atoms. The van der Waals surface area contributed by atoms with Crippen LogP contribution in [0.1, 0.15) is 11.1 Å². The zero-order valence-electron chi connectivity index (χ0n) is 13.8. The molecule has 2 aromatic rings. The molecule has 1 fully saturated rings. The molecule has 3 rings (SSSR count). The van der Waals surface area contributed by atoms with E-state index >= 15 is 0 Å². The van der Waals surface area contributed by atoms with Gasteiger partial charge in [0, 0.05) is 32.2 Å². The highest BCUT2D eigenvalue weighted by molar-refractivity contribution is 5.81. The maximum Gasteiger partial charge on any atom is 0.261 e. The summed E-state index contributed by atoms with van der Waals surface area (Å²) in [5.74, 6) is 0. The SMILES string of the molecule is Cc1ccc2c(=O)n(CC3CN(C)CCN3C)cnc2c1C. The van der Waals surface area contributed by atoms with Gasteiger partial charge in [-0.25, -0.2) is 4.98 Å². The lowest BCUT2D eigenvalue weighted by atomic mass is 10.1. The third-order valence-electron chi connectivity index (χ3n) is 4.91. The van der Waals surface area contributed by atoms with Crippen molar-refractivity contribution in [3.8, 4) is 0 Å². The molecule has 1 atom stereocenters. The number of fused-ring (bicyclic) bond motifs is 1. The highest BCUT2D eigenvalue weighted by Crippen LogP contribution is 2.16. The highest BCUT2D eigenvalue weighted by Gasteiger charge is 2.23. The second-order valence-corrected chi connectivity index (χ2v) is 6.50. The topological polar surface area (TPSA) is 41.4 Å². The first-order chi connectivity index (χ1) is 10.5. The van der Waals surface area contributed by atoms with Crippen molar-refractivity contribution in [2.75, 3.05) is 33.7 Å². The number of nitrogens with zero attached hydrogens (tertiary/aromatic N) is 4. The lowest BCUT2D eigenvalue weighted by Gasteiger charge is -2.37. The van der Waals surface area contributed by atoms with Gasteiger partial charge in [-0.05, 0) is 45.1 Å². The fourth-order valence-electron chi connectivity index (χ4n) is 3.13. The zero-order valence-corrected chi connectivity index (χ0v) is 13.8. The molecule has 0 N–H and O–H groups in total. The Kier molecular flexibility index (Phi) is 4.02. The molecule has 1 aromatic heterocycles. The van der Waals surface area contributed by atoms with Crippen molar-refractivity contribution in [1.29, 1.82) is 0 Å². The van der Waals surface area contributed by atoms with E-state index in [9.17, 15) is 4.79 Å². The van der Waals surface area contributed by atoms with Crippen LogP contribution in [0, 0.1) is 13.8 Å². The van der Waals surface area contributed by atoms with Crippen molar-refractivity contribution in [2.45, 2.75) is 26.4 Å². The van der Waals surface area contributed by atoms with Crippen LogP contribution in [0.5, 0.6) is 0 Å². The second-order valence-electron chi connectivity index (χ2n) is 6.50. The highest BCUT2D eigenvalue weighted by atomic mass is 16.1. The van der Waals surface area contributed by atoms with E-state index in [1.807, 2.05) is 19.1 Å². The molecule has 0 amide bonds. The summed E-state index contributed by atoms with van der Waals surface area (Å²) in [4.78, 5) is 21.9. The summed E-state index contributed by atoms with van der Waals surface area (Å²) in [5.41, 5.74) is 3.16. The first-order valence-corrected chi connectivity index (χ1v) is 7.81. The fraction of sp³-hybridized carbons (Fsp3) is 0.529. The van der Waals surface area contributed by atoms with Crippen LogP contribution in [0.3, 0.4) is 0 Å². The summed E-state index contributed by atoms with van der Waals surface area (Å²) in [7, 11) is 4.26. The van der Waals surface area contributed by atoms with Crippen molar-refractivity contribution in [3.05, 3.63) is 39.9 Å². The molecule has 5 heteroatoms. The van der Waals surface area contributed by atoms with Gasteiger partial charge in [-0.15, -0.1) is 0 Å². The fourth-order valence-corrected chi connectivity index (χ4v) is 3.13. The molecule has 5 nitrogen and oxygen atoms in total. The van der Waals surface area contributed by atoms with E-state index in [1.54, 1.807) is 10.9 Å². The molecule has 2 heterocycles. The first-order valence-electron chi connectivity index (χ1n) is 7.81. The molecule has 0 radical (unpaired) electrons. The van der Waals surface area contributed by atoms with E-state index < -0.39 is 0 Å². The maximum absolute atomic E-state index is 12.7. The molecule has 1 aromatic carbocycles. The Morgan fingerprint density at radius 2 is 2.00 bits per heavy atom. The molecular weight excluding hydrogens is 276 g/mol. The van der Waals surface area contributed by atoms with E-state index in [-0.39, 0.29) is 5.56 Å². The van der Waals surface area contributed by atoms with Gasteiger partial charge in [0.05, 0.1) is 17.2 Å². The molecule has 118 valence electrons. The van der Waals surface area contributed by atoms with Crippen LogP contribution in [-0.2, 0) is 6.54 Å². The van der Waals surface area contributed by atoms with Gasteiger partial charge in [0.15, 0.2) is 0 Å². The Hall–Kier alpha value is -1.72. The third-order valence-corrected chi connectivity index (χ3v) is 4.91. The van der Waals surface area contributed by atoms with Gasteiger partial charge < -0.3 is 4.90 Å². The van der Waals surface area contributed by atoms with Gasteiger partial charge in [-0.3, -0.25) is 14.3 Å². The van der Waals surface area contributed by atoms with Gasteiger partial charge in [0.25, 0.3) is 5.56 Å². The number of aromatic nitrogens is 2. The Balaban J connectivity index is 1.97. The van der Waals surface area contributed by atoms with E-state index in [1.165, 1.54) is 5.56 Å². The maximum atomic E-state index is 12.7. The standard InChI is InChI=1S/C17H24N4O/c1-12-5-6-15-16(13(12)2)18-11-21(17(15)22)10-14-9-19(3)7-8-20(14)4/h5-6,11,14H,7-10H2,1-4H3. The van der Waals surface area contributed by atoms with Crippen molar-refractivity contribution in [3.63, 3.8) is 0 Å². The van der Waals surface area contributed by atoms with Crippen molar-refractivity contribution in [1.82, 2.24) is 19.4 Å². The molecule has 0 saturated carbocycles. The number of hydrogen-bond acceptors (Lipinski definition) is 4. The predicted octanol–water partition coefficient (Wildman–Crippen LogP) is 1.26. The molecule has 1 saturated heterocycles. The van der Waals surface area contributed by atoms with Gasteiger partial charge in [-0.2, -0.15) is 0 Å². The summed E-state index contributed by atoms with van der Waals surface area (Å²) >= 11 is 0. The van der Waals surface area contributed by atoms with Crippen LogP contribution in [0.25, 0.3) is 10.9 Å². The minimum absolute atomic E-state index is 0.0646. The number of piperazine rings is 1. The van der Waals surface area contributed by atoms with Crippen LogP contribution in [0.2, 0.25) is 0 Å². The van der Waals surface area contributed by atoms with E-state index in [2.05, 4.69) is 35.8 Å². The average Bonchev–Trinajstić information content (AvgIpc) is 2.49. The van der Waals surface area contributed by atoms with Crippen molar-refractivity contribution < 1.29 is 0 Å². The minimum atomic E-state index is 0.0646. The van der Waals surface area contributed by atoms with Crippen molar-refractivity contribution in [2.24, 2.45) is 0 Å². The van der Waals surface area contributed by atoms with Crippen LogP contribution >= 0.6 is 0 Å². The molecule has 1 unspecified atom stereocenters. The largest absolute Gasteiger partial charge is 0.303 e. The van der Waals surface area contributed by atoms with E-state index in [0.29, 0.717) is 12.6 Å². The van der Waals surface area contributed by atoms with Gasteiger partial charge >= 0.3 is 0 Å². The Bertz CT molecular complexity index is 752. The quantitative estimate of drug-likeness (QED) is 0.837. The Labute approximate surface area is 131 Å². The second kappa shape index (κ2) is 5.82. The van der Waals surface area contributed by atoms with Gasteiger partial charge in [0.1, 0.15) is 0 Å². The smallest absolute Gasteiger partial charge is 0.261 e. The summed E-state index contributed by atoms with van der Waals surface area (Å²) in [6.45, 7) is 7.86. The van der Waals surface area contributed by atoms with Gasteiger partial charge in [-0.1, -0.05) is 6.07 Å². The molecular formula is C17H24N4O. The average molecular weight is 300 g/mol. The number of aryl methyl sites for hydroxylation is 2. The van der Waals surface area contributed by atoms with E-state index in [0.717, 1.165) is 36.1 Å². The summed E-state index contributed by atoms with van der Waals surface area (Å²) < 4.78 is 1.76. The molecule has 1 aliphatic rings. The summed E-state index contributed by atoms with van der Waals surface area (Å²) in [5, 5.41) is 0.720. The van der Waals surface area contributed by atoms with E-state index in [4.69, 9.17) is 0 Å². The van der Waals surface area contributed by atoms with Gasteiger partial charge in [0.2, 0.25) is 0 Å². The van der Waals surface area contributed by atoms with Crippen LogP contribution in [0.15, 0.2) is 23.3 Å². The number of benzene rings is 1. The monoisotopic (exact) mass is 300 g/mol. The molecule has 0 spiro atoms. The number of hydrogen-bond donors (Lipinski definition) is 0. The Morgan fingerprint density at radius 3 is 2.77 bits per heavy atom. The summed E-state index contributed by atoms with van der Waals surface area (Å²) in [6.07, 6.45) is 1.71. The molecule has 22 heavy (non-hydrogen) atoms. The van der Waals surface area contributed by atoms with Crippen LogP contribution < -0.4 is 5.56 Å². The number of rotatable bonds is 2. The minimum Gasteiger partial charge on any atom is -0.303 e. The lowest BCUT2D eigenvalue weighted by Crippen LogP contribution is -2.52. The van der Waals surface area contributed by atoms with Crippen LogP contribution in [-0.4, -0.2) is 59.1 Å². The van der Waals surface area contributed by atoms with Crippen molar-refractivity contribution >= 4 is 10.9 Å². The zero-order chi connectivity index (χ0) is 15.9. The predicted molar refractivity (Wildman–Crippen MR) is 89.4 cm³/mol. The molecule has 0 aliphatic carbocycles. The summed E-state index contributed by atoms with van der Waals surface area (Å²) in [6, 6.07) is 4.26.